The van der Waals surface area contributed by atoms with E-state index in [1.54, 1.807) is 29.0 Å². The van der Waals surface area contributed by atoms with E-state index in [-0.39, 0.29) is 6.61 Å². The minimum Gasteiger partial charge on any atom is -0.455 e. The standard InChI is InChI=1S/C14H12N2O2S/c15-13-11(5-6-12-14(13)16-8-19-12)18-10-3-1-9(7-17)2-4-10/h1-6,8,17H,7,15H2. The summed E-state index contributed by atoms with van der Waals surface area (Å²) in [4.78, 5) is 4.23. The Kier molecular flexibility index (Phi) is 3.06. The van der Waals surface area contributed by atoms with Crippen LogP contribution in [0.4, 0.5) is 5.69 Å². The summed E-state index contributed by atoms with van der Waals surface area (Å²) in [5, 5.41) is 8.99. The molecule has 3 aromatic rings. The van der Waals surface area contributed by atoms with Gasteiger partial charge in [-0.05, 0) is 29.8 Å². The van der Waals surface area contributed by atoms with Gasteiger partial charge in [0.15, 0.2) is 5.75 Å². The zero-order chi connectivity index (χ0) is 13.2. The van der Waals surface area contributed by atoms with Gasteiger partial charge in [-0.15, -0.1) is 11.3 Å². The molecule has 0 amide bonds. The van der Waals surface area contributed by atoms with Crippen LogP contribution in [0.2, 0.25) is 0 Å². The van der Waals surface area contributed by atoms with Crippen LogP contribution in [-0.2, 0) is 6.61 Å². The first-order chi connectivity index (χ1) is 9.28. The van der Waals surface area contributed by atoms with Crippen LogP contribution in [0.1, 0.15) is 5.56 Å². The highest BCUT2D eigenvalue weighted by Gasteiger charge is 2.08. The summed E-state index contributed by atoms with van der Waals surface area (Å²) in [6, 6.07) is 11.0. The van der Waals surface area contributed by atoms with E-state index in [1.807, 2.05) is 24.3 Å². The van der Waals surface area contributed by atoms with Crippen molar-refractivity contribution in [3.05, 3.63) is 47.5 Å². The number of thiazole rings is 1. The van der Waals surface area contributed by atoms with Crippen LogP contribution in [0.15, 0.2) is 41.9 Å². The zero-order valence-corrected chi connectivity index (χ0v) is 10.9. The molecule has 4 nitrogen and oxygen atoms in total. The molecule has 19 heavy (non-hydrogen) atoms. The number of aliphatic hydroxyl groups is 1. The predicted octanol–water partition coefficient (Wildman–Crippen LogP) is 3.16. The minimum atomic E-state index is 0.0210. The molecule has 0 saturated carbocycles. The lowest BCUT2D eigenvalue weighted by Gasteiger charge is -2.09. The van der Waals surface area contributed by atoms with Crippen molar-refractivity contribution in [1.82, 2.24) is 4.98 Å². The van der Waals surface area contributed by atoms with Crippen molar-refractivity contribution in [2.75, 3.05) is 5.73 Å². The van der Waals surface area contributed by atoms with Crippen LogP contribution in [-0.4, -0.2) is 10.1 Å². The summed E-state index contributed by atoms with van der Waals surface area (Å²) in [5.74, 6) is 1.27. The molecule has 0 radical (unpaired) electrons. The summed E-state index contributed by atoms with van der Waals surface area (Å²) >= 11 is 1.55. The van der Waals surface area contributed by atoms with Crippen LogP contribution >= 0.6 is 11.3 Å². The lowest BCUT2D eigenvalue weighted by molar-refractivity contribution is 0.281. The number of nitrogen functional groups attached to an aromatic ring is 1. The van der Waals surface area contributed by atoms with Crippen LogP contribution < -0.4 is 10.5 Å². The Balaban J connectivity index is 1.93. The van der Waals surface area contributed by atoms with E-state index in [2.05, 4.69) is 4.98 Å². The molecule has 0 saturated heterocycles. The molecule has 0 atom stereocenters. The first kappa shape index (κ1) is 12.0. The molecule has 0 fully saturated rings. The maximum absolute atomic E-state index is 8.99. The number of fused-ring (bicyclic) bond motifs is 1. The highest BCUT2D eigenvalue weighted by Crippen LogP contribution is 2.34. The van der Waals surface area contributed by atoms with Gasteiger partial charge in [-0.25, -0.2) is 4.98 Å². The Hall–Kier alpha value is -2.11. The van der Waals surface area contributed by atoms with Crippen molar-refractivity contribution in [2.24, 2.45) is 0 Å². The fourth-order valence-corrected chi connectivity index (χ4v) is 2.51. The first-order valence-electron chi connectivity index (χ1n) is 5.77. The topological polar surface area (TPSA) is 68.4 Å². The molecule has 0 aliphatic carbocycles. The molecule has 96 valence electrons. The second-order valence-electron chi connectivity index (χ2n) is 4.08. The smallest absolute Gasteiger partial charge is 0.152 e. The van der Waals surface area contributed by atoms with Crippen molar-refractivity contribution in [1.29, 1.82) is 0 Å². The van der Waals surface area contributed by atoms with Crippen LogP contribution in [0.5, 0.6) is 11.5 Å². The van der Waals surface area contributed by atoms with Gasteiger partial charge in [0.1, 0.15) is 17.0 Å². The van der Waals surface area contributed by atoms with Gasteiger partial charge in [0.2, 0.25) is 0 Å². The van der Waals surface area contributed by atoms with Crippen LogP contribution in [0.25, 0.3) is 10.2 Å². The average molecular weight is 272 g/mol. The fraction of sp³-hybridized carbons (Fsp3) is 0.0714. The fourth-order valence-electron chi connectivity index (χ4n) is 1.81. The summed E-state index contributed by atoms with van der Waals surface area (Å²) in [6.45, 7) is 0.0210. The lowest BCUT2D eigenvalue weighted by atomic mass is 10.2. The summed E-state index contributed by atoms with van der Waals surface area (Å²) in [7, 11) is 0. The van der Waals surface area contributed by atoms with Gasteiger partial charge in [-0.1, -0.05) is 12.1 Å². The number of nitrogens with two attached hydrogens (primary N) is 1. The van der Waals surface area contributed by atoms with Gasteiger partial charge in [0, 0.05) is 0 Å². The molecule has 0 spiro atoms. The van der Waals surface area contributed by atoms with E-state index in [0.717, 1.165) is 15.8 Å². The molecular weight excluding hydrogens is 260 g/mol. The van der Waals surface area contributed by atoms with Gasteiger partial charge in [-0.3, -0.25) is 0 Å². The van der Waals surface area contributed by atoms with Gasteiger partial charge in [0.05, 0.1) is 16.8 Å². The van der Waals surface area contributed by atoms with Gasteiger partial charge in [0.25, 0.3) is 0 Å². The molecular formula is C14H12N2O2S. The number of nitrogens with zero attached hydrogens (tertiary/aromatic N) is 1. The Labute approximate surface area is 114 Å². The van der Waals surface area contributed by atoms with Crippen molar-refractivity contribution in [2.45, 2.75) is 6.61 Å². The molecule has 0 aliphatic rings. The van der Waals surface area contributed by atoms with E-state index >= 15 is 0 Å². The van der Waals surface area contributed by atoms with Gasteiger partial charge in [-0.2, -0.15) is 0 Å². The lowest BCUT2D eigenvalue weighted by Crippen LogP contribution is -1.93. The molecule has 1 aromatic heterocycles. The molecule has 3 N–H and O–H groups in total. The predicted molar refractivity (Wildman–Crippen MR) is 76.5 cm³/mol. The second-order valence-corrected chi connectivity index (χ2v) is 4.97. The maximum Gasteiger partial charge on any atom is 0.152 e. The molecule has 0 bridgehead atoms. The Morgan fingerprint density at radius 1 is 1.16 bits per heavy atom. The minimum absolute atomic E-state index is 0.0210. The third-order valence-electron chi connectivity index (χ3n) is 2.84. The number of hydrogen-bond donors (Lipinski definition) is 2. The molecule has 0 unspecified atom stereocenters. The number of ether oxygens (including phenoxy) is 1. The highest BCUT2D eigenvalue weighted by molar-refractivity contribution is 7.16. The Morgan fingerprint density at radius 2 is 1.95 bits per heavy atom. The third-order valence-corrected chi connectivity index (χ3v) is 3.63. The van der Waals surface area contributed by atoms with Crippen molar-refractivity contribution in [3.8, 4) is 11.5 Å². The number of benzene rings is 2. The van der Waals surface area contributed by atoms with Crippen LogP contribution in [0.3, 0.4) is 0 Å². The zero-order valence-electron chi connectivity index (χ0n) is 10.0. The van der Waals surface area contributed by atoms with Gasteiger partial charge >= 0.3 is 0 Å². The van der Waals surface area contributed by atoms with Crippen molar-refractivity contribution in [3.63, 3.8) is 0 Å². The van der Waals surface area contributed by atoms with E-state index in [1.165, 1.54) is 0 Å². The number of anilines is 1. The van der Waals surface area contributed by atoms with E-state index in [9.17, 15) is 0 Å². The number of aromatic nitrogens is 1. The Bertz CT molecular complexity index is 707. The Morgan fingerprint density at radius 3 is 2.68 bits per heavy atom. The van der Waals surface area contributed by atoms with E-state index in [4.69, 9.17) is 15.6 Å². The van der Waals surface area contributed by atoms with Crippen molar-refractivity contribution < 1.29 is 9.84 Å². The molecule has 5 heteroatoms. The van der Waals surface area contributed by atoms with E-state index in [0.29, 0.717) is 17.2 Å². The summed E-state index contributed by atoms with van der Waals surface area (Å²) in [6.07, 6.45) is 0. The average Bonchev–Trinajstić information content (AvgIpc) is 2.92. The van der Waals surface area contributed by atoms with Gasteiger partial charge < -0.3 is 15.6 Å². The normalized spacial score (nSPS) is 10.8. The monoisotopic (exact) mass is 272 g/mol. The van der Waals surface area contributed by atoms with Crippen LogP contribution in [0, 0.1) is 0 Å². The number of hydrogen-bond acceptors (Lipinski definition) is 5. The van der Waals surface area contributed by atoms with E-state index < -0.39 is 0 Å². The summed E-state index contributed by atoms with van der Waals surface area (Å²) < 4.78 is 6.79. The highest BCUT2D eigenvalue weighted by atomic mass is 32.1. The molecule has 2 aromatic carbocycles. The molecule has 3 rings (SSSR count). The molecule has 1 heterocycles. The first-order valence-corrected chi connectivity index (χ1v) is 6.65. The largest absolute Gasteiger partial charge is 0.455 e. The third kappa shape index (κ3) is 2.25. The quantitative estimate of drug-likeness (QED) is 0.719. The number of rotatable bonds is 3. The second kappa shape index (κ2) is 4.87. The van der Waals surface area contributed by atoms with Crippen molar-refractivity contribution >= 4 is 27.2 Å². The SMILES string of the molecule is Nc1c(Oc2ccc(CO)cc2)ccc2scnc12. The summed E-state index contributed by atoms with van der Waals surface area (Å²) in [5.41, 5.74) is 9.97. The number of aliphatic hydroxyl groups excluding tert-OH is 1. The maximum atomic E-state index is 8.99. The molecule has 0 aliphatic heterocycles.